The largest absolute Gasteiger partial charge is 0.356 e. The first kappa shape index (κ1) is 15.1. The highest BCUT2D eigenvalue weighted by molar-refractivity contribution is 6.17. The smallest absolute Gasteiger partial charge is 0.133 e. The number of anilines is 1. The standard InChI is InChI=1S/C17H23ClN2/c1-12(17(2,3)4)20(5)16-14(11-18)10-13-8-6-7-9-15(13)19-16/h6-10,12H,11H2,1-5H3. The van der Waals surface area contributed by atoms with Crippen molar-refractivity contribution in [3.05, 3.63) is 35.9 Å². The van der Waals surface area contributed by atoms with E-state index in [1.165, 1.54) is 0 Å². The second-order valence-electron chi connectivity index (χ2n) is 6.45. The first-order valence-corrected chi connectivity index (χ1v) is 7.55. The normalized spacial score (nSPS) is 13.5. The average molecular weight is 291 g/mol. The predicted octanol–water partition coefficient (Wildman–Crippen LogP) is 4.84. The number of nitrogens with zero attached hydrogens (tertiary/aromatic N) is 2. The Kier molecular flexibility index (Phi) is 4.24. The lowest BCUT2D eigenvalue weighted by atomic mass is 9.87. The highest BCUT2D eigenvalue weighted by Gasteiger charge is 2.26. The van der Waals surface area contributed by atoms with Gasteiger partial charge in [0.15, 0.2) is 0 Å². The first-order valence-electron chi connectivity index (χ1n) is 7.02. The molecule has 0 saturated carbocycles. The minimum absolute atomic E-state index is 0.186. The van der Waals surface area contributed by atoms with E-state index in [1.54, 1.807) is 0 Å². The average Bonchev–Trinajstić information content (AvgIpc) is 2.43. The summed E-state index contributed by atoms with van der Waals surface area (Å²) in [5.74, 6) is 1.47. The molecule has 108 valence electrons. The molecule has 0 saturated heterocycles. The van der Waals surface area contributed by atoms with Crippen LogP contribution in [-0.2, 0) is 5.88 Å². The van der Waals surface area contributed by atoms with E-state index in [1.807, 2.05) is 18.2 Å². The number of hydrogen-bond acceptors (Lipinski definition) is 2. The maximum absolute atomic E-state index is 6.13. The lowest BCUT2D eigenvalue weighted by Crippen LogP contribution is -2.40. The summed E-state index contributed by atoms with van der Waals surface area (Å²) in [7, 11) is 2.10. The SMILES string of the molecule is CC(N(C)c1nc2ccccc2cc1CCl)C(C)(C)C. The molecule has 1 atom stereocenters. The zero-order valence-corrected chi connectivity index (χ0v) is 13.7. The van der Waals surface area contributed by atoms with Crippen molar-refractivity contribution in [2.75, 3.05) is 11.9 Å². The van der Waals surface area contributed by atoms with Crippen LogP contribution in [0.5, 0.6) is 0 Å². The Balaban J connectivity index is 2.52. The fourth-order valence-electron chi connectivity index (χ4n) is 2.32. The fraction of sp³-hybridized carbons (Fsp3) is 0.471. The Hall–Kier alpha value is -1.28. The van der Waals surface area contributed by atoms with Gasteiger partial charge in [-0.1, -0.05) is 39.0 Å². The van der Waals surface area contributed by atoms with Crippen LogP contribution in [0.2, 0.25) is 0 Å². The Bertz CT molecular complexity index is 601. The maximum Gasteiger partial charge on any atom is 0.133 e. The molecule has 0 aliphatic carbocycles. The molecular formula is C17H23ClN2. The highest BCUT2D eigenvalue weighted by atomic mass is 35.5. The molecule has 0 spiro atoms. The monoisotopic (exact) mass is 290 g/mol. The third-order valence-electron chi connectivity index (χ3n) is 4.09. The van der Waals surface area contributed by atoms with Crippen molar-refractivity contribution in [2.45, 2.75) is 39.6 Å². The molecule has 3 heteroatoms. The van der Waals surface area contributed by atoms with Crippen molar-refractivity contribution < 1.29 is 0 Å². The van der Waals surface area contributed by atoms with E-state index in [-0.39, 0.29) is 5.41 Å². The Morgan fingerprint density at radius 1 is 1.25 bits per heavy atom. The Morgan fingerprint density at radius 3 is 2.50 bits per heavy atom. The van der Waals surface area contributed by atoms with Crippen LogP contribution in [0.25, 0.3) is 10.9 Å². The molecule has 0 radical (unpaired) electrons. The summed E-state index contributed by atoms with van der Waals surface area (Å²) in [6, 6.07) is 10.7. The molecule has 2 rings (SSSR count). The van der Waals surface area contributed by atoms with Crippen LogP contribution in [0.1, 0.15) is 33.3 Å². The molecule has 0 N–H and O–H groups in total. The topological polar surface area (TPSA) is 16.1 Å². The van der Waals surface area contributed by atoms with Gasteiger partial charge in [-0.25, -0.2) is 4.98 Å². The molecule has 1 aromatic heterocycles. The van der Waals surface area contributed by atoms with Crippen molar-refractivity contribution >= 4 is 28.3 Å². The van der Waals surface area contributed by atoms with E-state index in [2.05, 4.69) is 51.8 Å². The molecule has 0 bridgehead atoms. The lowest BCUT2D eigenvalue weighted by molar-refractivity contribution is 0.328. The van der Waals surface area contributed by atoms with E-state index in [0.29, 0.717) is 11.9 Å². The number of rotatable bonds is 3. The van der Waals surface area contributed by atoms with Gasteiger partial charge in [0.2, 0.25) is 0 Å². The number of para-hydroxylation sites is 1. The predicted molar refractivity (Wildman–Crippen MR) is 88.6 cm³/mol. The van der Waals surface area contributed by atoms with Gasteiger partial charge in [-0.3, -0.25) is 0 Å². The van der Waals surface area contributed by atoms with Crippen molar-refractivity contribution in [1.29, 1.82) is 0 Å². The number of alkyl halides is 1. The van der Waals surface area contributed by atoms with E-state index in [0.717, 1.165) is 22.3 Å². The number of fused-ring (bicyclic) bond motifs is 1. The summed E-state index contributed by atoms with van der Waals surface area (Å²) in [5.41, 5.74) is 2.29. The van der Waals surface area contributed by atoms with Crippen molar-refractivity contribution in [2.24, 2.45) is 5.41 Å². The summed E-state index contributed by atoms with van der Waals surface area (Å²) in [6.07, 6.45) is 0. The van der Waals surface area contributed by atoms with Gasteiger partial charge in [0.05, 0.1) is 11.4 Å². The number of halogens is 1. The van der Waals surface area contributed by atoms with Gasteiger partial charge in [0, 0.05) is 24.0 Å². The molecule has 0 amide bonds. The highest BCUT2D eigenvalue weighted by Crippen LogP contribution is 2.30. The van der Waals surface area contributed by atoms with Gasteiger partial charge in [-0.2, -0.15) is 0 Å². The Labute approximate surface area is 126 Å². The second-order valence-corrected chi connectivity index (χ2v) is 6.72. The quantitative estimate of drug-likeness (QED) is 0.752. The summed E-state index contributed by atoms with van der Waals surface area (Å²) < 4.78 is 0. The third-order valence-corrected chi connectivity index (χ3v) is 4.38. The molecule has 2 aromatic rings. The summed E-state index contributed by atoms with van der Waals surface area (Å²) in [6.45, 7) is 8.97. The lowest BCUT2D eigenvalue weighted by Gasteiger charge is -2.37. The number of benzene rings is 1. The van der Waals surface area contributed by atoms with Crippen LogP contribution in [0.3, 0.4) is 0 Å². The number of aromatic nitrogens is 1. The molecule has 0 fully saturated rings. The molecule has 2 nitrogen and oxygen atoms in total. The molecule has 1 heterocycles. The third kappa shape index (κ3) is 2.90. The van der Waals surface area contributed by atoms with Crippen LogP contribution in [0.15, 0.2) is 30.3 Å². The summed E-state index contributed by atoms with van der Waals surface area (Å²) >= 11 is 6.13. The molecular weight excluding hydrogens is 268 g/mol. The van der Waals surface area contributed by atoms with Crippen LogP contribution < -0.4 is 4.90 Å². The minimum atomic E-state index is 0.186. The molecule has 1 aromatic carbocycles. The van der Waals surface area contributed by atoms with Gasteiger partial charge < -0.3 is 4.90 Å². The van der Waals surface area contributed by atoms with Crippen molar-refractivity contribution in [1.82, 2.24) is 4.98 Å². The maximum atomic E-state index is 6.13. The van der Waals surface area contributed by atoms with Crippen LogP contribution >= 0.6 is 11.6 Å². The molecule has 0 aliphatic heterocycles. The Morgan fingerprint density at radius 2 is 1.90 bits per heavy atom. The second kappa shape index (κ2) is 5.61. The minimum Gasteiger partial charge on any atom is -0.356 e. The summed E-state index contributed by atoms with van der Waals surface area (Å²) in [5, 5.41) is 1.14. The van der Waals surface area contributed by atoms with Crippen molar-refractivity contribution in [3.63, 3.8) is 0 Å². The van der Waals surface area contributed by atoms with Crippen LogP contribution in [0, 0.1) is 5.41 Å². The zero-order chi connectivity index (χ0) is 14.9. The van der Waals surface area contributed by atoms with E-state index in [9.17, 15) is 0 Å². The van der Waals surface area contributed by atoms with Gasteiger partial charge in [0.25, 0.3) is 0 Å². The number of pyridine rings is 1. The fourth-order valence-corrected chi connectivity index (χ4v) is 2.51. The van der Waals surface area contributed by atoms with Gasteiger partial charge >= 0.3 is 0 Å². The van der Waals surface area contributed by atoms with Gasteiger partial charge in [-0.15, -0.1) is 11.6 Å². The molecule has 0 aliphatic rings. The van der Waals surface area contributed by atoms with E-state index in [4.69, 9.17) is 16.6 Å². The van der Waals surface area contributed by atoms with Gasteiger partial charge in [-0.05, 0) is 24.5 Å². The van der Waals surface area contributed by atoms with Gasteiger partial charge in [0.1, 0.15) is 5.82 Å². The van der Waals surface area contributed by atoms with Crippen LogP contribution in [-0.4, -0.2) is 18.1 Å². The molecule has 20 heavy (non-hydrogen) atoms. The zero-order valence-electron chi connectivity index (χ0n) is 12.9. The van der Waals surface area contributed by atoms with E-state index < -0.39 is 0 Å². The van der Waals surface area contributed by atoms with Crippen molar-refractivity contribution in [3.8, 4) is 0 Å². The van der Waals surface area contributed by atoms with E-state index >= 15 is 0 Å². The molecule has 1 unspecified atom stereocenters. The van der Waals surface area contributed by atoms with Crippen LogP contribution in [0.4, 0.5) is 5.82 Å². The summed E-state index contributed by atoms with van der Waals surface area (Å²) in [4.78, 5) is 7.06. The first-order chi connectivity index (χ1) is 9.34. The number of hydrogen-bond donors (Lipinski definition) is 0.